The van der Waals surface area contributed by atoms with Crippen molar-refractivity contribution in [3.8, 4) is 16.9 Å². The van der Waals surface area contributed by atoms with E-state index < -0.39 is 0 Å². The van der Waals surface area contributed by atoms with E-state index in [0.717, 1.165) is 18.2 Å². The number of thioether (sulfide) groups is 1. The highest BCUT2D eigenvalue weighted by Crippen LogP contribution is 2.64. The van der Waals surface area contributed by atoms with Gasteiger partial charge in [-0.3, -0.25) is 0 Å². The van der Waals surface area contributed by atoms with E-state index in [0.29, 0.717) is 11.5 Å². The monoisotopic (exact) mass is 448 g/mol. The quantitative estimate of drug-likeness (QED) is 0.304. The molecule has 31 heavy (non-hydrogen) atoms. The Bertz CT molecular complexity index is 1190. The molecule has 3 heteroatoms. The van der Waals surface area contributed by atoms with Gasteiger partial charge in [0.1, 0.15) is 5.75 Å². The Hall–Kier alpha value is -1.58. The van der Waals surface area contributed by atoms with Crippen LogP contribution in [0.2, 0.25) is 0 Å². The first-order chi connectivity index (χ1) is 14.6. The Morgan fingerprint density at radius 3 is 2.23 bits per heavy atom. The van der Waals surface area contributed by atoms with Crippen LogP contribution in [-0.2, 0) is 11.2 Å². The highest BCUT2D eigenvalue weighted by Gasteiger charge is 2.53. The molecule has 0 radical (unpaired) electrons. The molecule has 1 spiro atoms. The fraction of sp³-hybridized carbons (Fsp3) is 0.429. The molecule has 162 valence electrons. The van der Waals surface area contributed by atoms with Gasteiger partial charge in [-0.1, -0.05) is 52.0 Å². The highest BCUT2D eigenvalue weighted by atomic mass is 32.2. The van der Waals surface area contributed by atoms with Gasteiger partial charge < -0.3 is 5.11 Å². The molecule has 0 bridgehead atoms. The van der Waals surface area contributed by atoms with Gasteiger partial charge in [0.15, 0.2) is 0 Å². The second kappa shape index (κ2) is 6.96. The lowest BCUT2D eigenvalue weighted by Gasteiger charge is -2.51. The second-order valence-corrected chi connectivity index (χ2v) is 12.3. The SMILES string of the molecule is CSc1cc2c(O)cc3c(c2cc1CS)-c1ccccc1C31CC(C)(C)CC(C)(C)C1. The number of rotatable bonds is 2. The van der Waals surface area contributed by atoms with Crippen LogP contribution in [0, 0.1) is 10.8 Å². The zero-order chi connectivity index (χ0) is 22.2. The van der Waals surface area contributed by atoms with E-state index in [4.69, 9.17) is 0 Å². The normalized spacial score (nSPS) is 20.1. The molecular weight excluding hydrogens is 416 g/mol. The van der Waals surface area contributed by atoms with Crippen molar-refractivity contribution in [2.75, 3.05) is 6.26 Å². The summed E-state index contributed by atoms with van der Waals surface area (Å²) in [6, 6.07) is 15.5. The molecule has 1 fully saturated rings. The molecule has 0 unspecified atom stereocenters. The average molecular weight is 449 g/mol. The van der Waals surface area contributed by atoms with Gasteiger partial charge in [0, 0.05) is 21.4 Å². The molecule has 0 saturated heterocycles. The number of hydrogen-bond acceptors (Lipinski definition) is 3. The van der Waals surface area contributed by atoms with E-state index in [1.807, 2.05) is 0 Å². The maximum atomic E-state index is 11.2. The lowest BCUT2D eigenvalue weighted by molar-refractivity contribution is 0.0645. The Labute approximate surface area is 196 Å². The first-order valence-electron chi connectivity index (χ1n) is 11.2. The largest absolute Gasteiger partial charge is 0.507 e. The van der Waals surface area contributed by atoms with E-state index in [2.05, 4.69) is 89.0 Å². The first kappa shape index (κ1) is 21.3. The summed E-state index contributed by atoms with van der Waals surface area (Å²) >= 11 is 6.33. The van der Waals surface area contributed by atoms with Crippen LogP contribution in [0.25, 0.3) is 21.9 Å². The molecule has 5 rings (SSSR count). The van der Waals surface area contributed by atoms with Crippen molar-refractivity contribution in [3.63, 3.8) is 0 Å². The number of benzene rings is 3. The van der Waals surface area contributed by atoms with Crippen LogP contribution < -0.4 is 0 Å². The summed E-state index contributed by atoms with van der Waals surface area (Å²) in [6.07, 6.45) is 5.54. The predicted molar refractivity (Wildman–Crippen MR) is 138 cm³/mol. The number of aromatic hydroxyl groups is 1. The third-order valence-electron chi connectivity index (χ3n) is 7.43. The van der Waals surface area contributed by atoms with Gasteiger partial charge in [0.25, 0.3) is 0 Å². The second-order valence-electron chi connectivity index (χ2n) is 11.2. The summed E-state index contributed by atoms with van der Waals surface area (Å²) in [7, 11) is 0. The van der Waals surface area contributed by atoms with Crippen molar-refractivity contribution in [2.24, 2.45) is 10.8 Å². The van der Waals surface area contributed by atoms with Gasteiger partial charge in [0.2, 0.25) is 0 Å². The number of hydrogen-bond donors (Lipinski definition) is 2. The maximum Gasteiger partial charge on any atom is 0.123 e. The molecule has 2 aliphatic rings. The van der Waals surface area contributed by atoms with Crippen LogP contribution in [-0.4, -0.2) is 11.4 Å². The zero-order valence-corrected chi connectivity index (χ0v) is 20.9. The van der Waals surface area contributed by atoms with E-state index in [9.17, 15) is 5.11 Å². The van der Waals surface area contributed by atoms with Crippen LogP contribution >= 0.6 is 24.4 Å². The van der Waals surface area contributed by atoms with Crippen molar-refractivity contribution in [3.05, 3.63) is 59.2 Å². The molecule has 3 aromatic carbocycles. The number of phenolic OH excluding ortho intramolecular Hbond substituents is 1. The van der Waals surface area contributed by atoms with Crippen molar-refractivity contribution in [1.82, 2.24) is 0 Å². The van der Waals surface area contributed by atoms with E-state index in [1.54, 1.807) is 11.8 Å². The number of fused-ring (bicyclic) bond motifs is 7. The molecule has 2 aliphatic carbocycles. The summed E-state index contributed by atoms with van der Waals surface area (Å²) < 4.78 is 0. The van der Waals surface area contributed by atoms with Gasteiger partial charge in [-0.2, -0.15) is 12.6 Å². The summed E-state index contributed by atoms with van der Waals surface area (Å²) in [5.41, 5.74) is 7.09. The van der Waals surface area contributed by atoms with Gasteiger partial charge in [-0.05, 0) is 87.8 Å². The Kier molecular flexibility index (Phi) is 4.77. The van der Waals surface area contributed by atoms with Crippen molar-refractivity contribution >= 4 is 35.2 Å². The minimum Gasteiger partial charge on any atom is -0.507 e. The topological polar surface area (TPSA) is 20.2 Å². The summed E-state index contributed by atoms with van der Waals surface area (Å²) in [6.45, 7) is 9.67. The van der Waals surface area contributed by atoms with Crippen LogP contribution in [0.15, 0.2) is 47.4 Å². The van der Waals surface area contributed by atoms with Crippen LogP contribution in [0.5, 0.6) is 5.75 Å². The van der Waals surface area contributed by atoms with Gasteiger partial charge in [-0.15, -0.1) is 11.8 Å². The third-order valence-corrected chi connectivity index (χ3v) is 8.59. The fourth-order valence-corrected chi connectivity index (χ4v) is 8.22. The number of thiol groups is 1. The molecule has 3 aromatic rings. The summed E-state index contributed by atoms with van der Waals surface area (Å²) in [5, 5.41) is 13.4. The van der Waals surface area contributed by atoms with Gasteiger partial charge in [-0.25, -0.2) is 0 Å². The minimum absolute atomic E-state index is 0.0534. The Morgan fingerprint density at radius 2 is 1.58 bits per heavy atom. The van der Waals surface area contributed by atoms with Crippen molar-refractivity contribution in [2.45, 2.75) is 63.0 Å². The van der Waals surface area contributed by atoms with E-state index >= 15 is 0 Å². The summed E-state index contributed by atoms with van der Waals surface area (Å²) in [5.74, 6) is 1.10. The fourth-order valence-electron chi connectivity index (χ4n) is 7.22. The number of phenols is 1. The van der Waals surface area contributed by atoms with Crippen LogP contribution in [0.1, 0.15) is 63.6 Å². The molecule has 0 atom stereocenters. The lowest BCUT2D eigenvalue weighted by atomic mass is 9.52. The smallest absolute Gasteiger partial charge is 0.123 e. The molecule has 1 N–H and O–H groups in total. The van der Waals surface area contributed by atoms with Crippen molar-refractivity contribution in [1.29, 1.82) is 0 Å². The standard InChI is InChI=1S/C28H32OS2/c1-26(2)14-27(3,4)16-28(15-26)21-9-7-6-8-18(21)25-20-10-17(13-30)24(31-5)11-19(20)23(29)12-22(25)28/h6-12,29-30H,13-16H2,1-5H3. The highest BCUT2D eigenvalue weighted by molar-refractivity contribution is 7.98. The molecule has 0 aliphatic heterocycles. The Balaban J connectivity index is 1.90. The predicted octanol–water partition coefficient (Wildman–Crippen LogP) is 8.20. The lowest BCUT2D eigenvalue weighted by Crippen LogP contribution is -2.43. The van der Waals surface area contributed by atoms with Gasteiger partial charge >= 0.3 is 0 Å². The van der Waals surface area contributed by atoms with Crippen LogP contribution in [0.3, 0.4) is 0 Å². The maximum absolute atomic E-state index is 11.2. The zero-order valence-electron chi connectivity index (χ0n) is 19.2. The summed E-state index contributed by atoms with van der Waals surface area (Å²) in [4.78, 5) is 1.19. The molecule has 1 saturated carbocycles. The van der Waals surface area contributed by atoms with Gasteiger partial charge in [0.05, 0.1) is 0 Å². The molecule has 0 heterocycles. The molecule has 0 aromatic heterocycles. The molecule has 0 amide bonds. The molecular formula is C28H32OS2. The average Bonchev–Trinajstić information content (AvgIpc) is 2.94. The Morgan fingerprint density at radius 1 is 0.903 bits per heavy atom. The van der Waals surface area contributed by atoms with E-state index in [1.165, 1.54) is 44.5 Å². The van der Waals surface area contributed by atoms with E-state index in [-0.39, 0.29) is 16.2 Å². The van der Waals surface area contributed by atoms with Crippen molar-refractivity contribution < 1.29 is 5.11 Å². The third kappa shape index (κ3) is 3.15. The first-order valence-corrected chi connectivity index (χ1v) is 13.0. The minimum atomic E-state index is -0.0534. The molecule has 1 nitrogen and oxygen atoms in total. The van der Waals surface area contributed by atoms with Crippen LogP contribution in [0.4, 0.5) is 0 Å².